The van der Waals surface area contributed by atoms with E-state index in [9.17, 15) is 22.8 Å². The monoisotopic (exact) mass is 468 g/mol. The highest BCUT2D eigenvalue weighted by Crippen LogP contribution is 2.21. The summed E-state index contributed by atoms with van der Waals surface area (Å²) in [5.74, 6) is -0.732. The second-order valence-corrected chi connectivity index (χ2v) is 7.46. The fraction of sp³-hybridized carbons (Fsp3) is 0.450. The SMILES string of the molecule is Cc1ccc(Nc2nc(N)nc(COC(=O)C3CCN(C(=O)OCC(F)(F)F)CC3)n2)cc1. The van der Waals surface area contributed by atoms with E-state index in [0.29, 0.717) is 0 Å². The maximum atomic E-state index is 12.4. The van der Waals surface area contributed by atoms with Crippen molar-refractivity contribution < 1.29 is 32.2 Å². The number of halogens is 3. The van der Waals surface area contributed by atoms with Gasteiger partial charge in [-0.05, 0) is 31.9 Å². The van der Waals surface area contributed by atoms with Gasteiger partial charge < -0.3 is 25.4 Å². The number of rotatable bonds is 6. The highest BCUT2D eigenvalue weighted by atomic mass is 19.4. The zero-order chi connectivity index (χ0) is 24.0. The molecule has 1 amide bonds. The van der Waals surface area contributed by atoms with Gasteiger partial charge >= 0.3 is 18.2 Å². The number of anilines is 3. The van der Waals surface area contributed by atoms with Crippen molar-refractivity contribution in [2.45, 2.75) is 32.5 Å². The Morgan fingerprint density at radius 1 is 1.12 bits per heavy atom. The first-order valence-corrected chi connectivity index (χ1v) is 10.1. The molecule has 0 atom stereocenters. The molecule has 33 heavy (non-hydrogen) atoms. The first-order chi connectivity index (χ1) is 15.6. The molecule has 1 fully saturated rings. The smallest absolute Gasteiger partial charge is 0.422 e. The summed E-state index contributed by atoms with van der Waals surface area (Å²) < 4.78 is 46.0. The number of nitrogen functional groups attached to an aromatic ring is 1. The van der Waals surface area contributed by atoms with E-state index in [1.807, 2.05) is 31.2 Å². The van der Waals surface area contributed by atoms with Crippen LogP contribution in [-0.4, -0.2) is 57.8 Å². The number of carbonyl (C=O) groups excluding carboxylic acids is 2. The minimum Gasteiger partial charge on any atom is -0.457 e. The Hall–Kier alpha value is -3.64. The van der Waals surface area contributed by atoms with Crippen LogP contribution < -0.4 is 11.1 Å². The number of aromatic nitrogens is 3. The number of alkyl halides is 3. The molecule has 0 spiro atoms. The zero-order valence-electron chi connectivity index (χ0n) is 17.8. The van der Waals surface area contributed by atoms with E-state index in [1.54, 1.807) is 0 Å². The van der Waals surface area contributed by atoms with Crippen molar-refractivity contribution in [1.29, 1.82) is 0 Å². The van der Waals surface area contributed by atoms with Crippen LogP contribution in [-0.2, 0) is 20.9 Å². The van der Waals surface area contributed by atoms with Crippen LogP contribution in [0.15, 0.2) is 24.3 Å². The number of likely N-dealkylation sites (tertiary alicyclic amines) is 1. The molecule has 0 aliphatic carbocycles. The summed E-state index contributed by atoms with van der Waals surface area (Å²) in [4.78, 5) is 37.4. The van der Waals surface area contributed by atoms with Gasteiger partial charge in [-0.25, -0.2) is 4.79 Å². The van der Waals surface area contributed by atoms with E-state index in [0.717, 1.165) is 16.2 Å². The van der Waals surface area contributed by atoms with Gasteiger partial charge in [-0.3, -0.25) is 4.79 Å². The van der Waals surface area contributed by atoms with Crippen LogP contribution in [0.2, 0.25) is 0 Å². The Labute approximate surface area is 187 Å². The predicted octanol–water partition coefficient (Wildman–Crippen LogP) is 2.96. The van der Waals surface area contributed by atoms with Gasteiger partial charge in [-0.1, -0.05) is 17.7 Å². The van der Waals surface area contributed by atoms with Gasteiger partial charge in [0.1, 0.15) is 0 Å². The lowest BCUT2D eigenvalue weighted by atomic mass is 9.97. The molecular formula is C20H23F3N6O4. The highest BCUT2D eigenvalue weighted by Gasteiger charge is 2.33. The number of aryl methyl sites for hydroxylation is 1. The maximum Gasteiger partial charge on any atom is 0.422 e. The molecule has 178 valence electrons. The molecular weight excluding hydrogens is 445 g/mol. The number of nitrogens with one attached hydrogen (secondary N) is 1. The number of benzene rings is 1. The minimum atomic E-state index is -4.59. The van der Waals surface area contributed by atoms with Gasteiger partial charge in [0.05, 0.1) is 5.92 Å². The van der Waals surface area contributed by atoms with Crippen LogP contribution in [0.1, 0.15) is 24.2 Å². The van der Waals surface area contributed by atoms with Crippen LogP contribution in [0.3, 0.4) is 0 Å². The highest BCUT2D eigenvalue weighted by molar-refractivity contribution is 5.73. The Morgan fingerprint density at radius 3 is 2.42 bits per heavy atom. The fourth-order valence-corrected chi connectivity index (χ4v) is 3.11. The van der Waals surface area contributed by atoms with Gasteiger partial charge in [0.15, 0.2) is 19.0 Å². The Kier molecular flexibility index (Phi) is 7.51. The average molecular weight is 468 g/mol. The second kappa shape index (κ2) is 10.3. The van der Waals surface area contributed by atoms with Gasteiger partial charge in [0.2, 0.25) is 11.9 Å². The molecule has 2 aromatic rings. The quantitative estimate of drug-likeness (QED) is 0.614. The first kappa shape index (κ1) is 24.0. The summed E-state index contributed by atoms with van der Waals surface area (Å²) in [6.07, 6.45) is -5.18. The van der Waals surface area contributed by atoms with Crippen LogP contribution in [0.5, 0.6) is 0 Å². The van der Waals surface area contributed by atoms with Crippen molar-refractivity contribution in [3.05, 3.63) is 35.7 Å². The lowest BCUT2D eigenvalue weighted by molar-refractivity contribution is -0.163. The van der Waals surface area contributed by atoms with Gasteiger partial charge in [-0.2, -0.15) is 28.1 Å². The molecule has 1 saturated heterocycles. The van der Waals surface area contributed by atoms with Crippen molar-refractivity contribution in [3.8, 4) is 0 Å². The summed E-state index contributed by atoms with van der Waals surface area (Å²) in [7, 11) is 0. The number of nitrogens with two attached hydrogens (primary N) is 1. The molecule has 2 heterocycles. The molecule has 1 aliphatic heterocycles. The Bertz CT molecular complexity index is 979. The van der Waals surface area contributed by atoms with Crippen LogP contribution in [0, 0.1) is 12.8 Å². The van der Waals surface area contributed by atoms with Gasteiger partial charge in [0, 0.05) is 18.8 Å². The largest absolute Gasteiger partial charge is 0.457 e. The standard InChI is InChI=1S/C20H23F3N6O4/c1-12-2-4-14(5-3-12)25-18-27-15(26-17(24)28-18)10-32-16(30)13-6-8-29(9-7-13)19(31)33-11-20(21,22)23/h2-5,13H,6-11H2,1H3,(H3,24,25,26,27,28). The number of hydrogen-bond acceptors (Lipinski definition) is 9. The van der Waals surface area contributed by atoms with E-state index < -0.39 is 30.8 Å². The molecule has 3 N–H and O–H groups in total. The predicted molar refractivity (Wildman–Crippen MR) is 110 cm³/mol. The number of hydrogen-bond donors (Lipinski definition) is 2. The average Bonchev–Trinajstić information content (AvgIpc) is 2.76. The summed E-state index contributed by atoms with van der Waals surface area (Å²) in [5.41, 5.74) is 7.55. The molecule has 0 bridgehead atoms. The Morgan fingerprint density at radius 2 is 1.79 bits per heavy atom. The molecule has 1 aromatic carbocycles. The number of ether oxygens (including phenoxy) is 2. The van der Waals surface area contributed by atoms with Gasteiger partial charge in [0.25, 0.3) is 0 Å². The first-order valence-electron chi connectivity index (χ1n) is 10.1. The lowest BCUT2D eigenvalue weighted by Crippen LogP contribution is -2.41. The molecule has 0 unspecified atom stereocenters. The van der Waals surface area contributed by atoms with Crippen molar-refractivity contribution >= 4 is 29.6 Å². The number of amides is 1. The topological polar surface area (TPSA) is 133 Å². The third-order valence-electron chi connectivity index (χ3n) is 4.80. The van der Waals surface area contributed by atoms with E-state index >= 15 is 0 Å². The minimum absolute atomic E-state index is 0.0451. The van der Waals surface area contributed by atoms with Crippen molar-refractivity contribution in [3.63, 3.8) is 0 Å². The normalized spacial score (nSPS) is 14.6. The van der Waals surface area contributed by atoms with Crippen LogP contribution >= 0.6 is 0 Å². The molecule has 13 heteroatoms. The van der Waals surface area contributed by atoms with Crippen LogP contribution in [0.25, 0.3) is 0 Å². The third kappa shape index (κ3) is 7.47. The van der Waals surface area contributed by atoms with E-state index in [-0.39, 0.29) is 50.3 Å². The number of piperidine rings is 1. The van der Waals surface area contributed by atoms with Crippen LogP contribution in [0.4, 0.5) is 35.5 Å². The molecule has 3 rings (SSSR count). The number of nitrogens with zero attached hydrogens (tertiary/aromatic N) is 4. The zero-order valence-corrected chi connectivity index (χ0v) is 17.8. The summed E-state index contributed by atoms with van der Waals surface area (Å²) in [6, 6.07) is 7.52. The lowest BCUT2D eigenvalue weighted by Gasteiger charge is -2.30. The fourth-order valence-electron chi connectivity index (χ4n) is 3.11. The summed E-state index contributed by atoms with van der Waals surface area (Å²) in [6.45, 7) is 0.242. The third-order valence-corrected chi connectivity index (χ3v) is 4.80. The van der Waals surface area contributed by atoms with Gasteiger partial charge in [-0.15, -0.1) is 0 Å². The number of esters is 1. The summed E-state index contributed by atoms with van der Waals surface area (Å²) >= 11 is 0. The molecule has 1 aromatic heterocycles. The number of carbonyl (C=O) groups is 2. The van der Waals surface area contributed by atoms with E-state index in [4.69, 9.17) is 10.5 Å². The van der Waals surface area contributed by atoms with E-state index in [1.165, 1.54) is 0 Å². The molecule has 0 radical (unpaired) electrons. The maximum absolute atomic E-state index is 12.4. The molecule has 1 aliphatic rings. The summed E-state index contributed by atoms with van der Waals surface area (Å²) in [5, 5.41) is 3.00. The van der Waals surface area contributed by atoms with Crippen molar-refractivity contribution in [1.82, 2.24) is 19.9 Å². The van der Waals surface area contributed by atoms with E-state index in [2.05, 4.69) is 25.0 Å². The van der Waals surface area contributed by atoms with Crippen molar-refractivity contribution in [2.24, 2.45) is 5.92 Å². The van der Waals surface area contributed by atoms with Crippen molar-refractivity contribution in [2.75, 3.05) is 30.7 Å². The molecule has 10 nitrogen and oxygen atoms in total. The molecule has 0 saturated carbocycles. The Balaban J connectivity index is 1.48. The second-order valence-electron chi connectivity index (χ2n) is 7.46.